The van der Waals surface area contributed by atoms with Crippen molar-refractivity contribution in [2.24, 2.45) is 0 Å². The maximum atomic E-state index is 11.9. The first kappa shape index (κ1) is 15.2. The van der Waals surface area contributed by atoms with Crippen molar-refractivity contribution in [1.82, 2.24) is 4.90 Å². The third-order valence-electron chi connectivity index (χ3n) is 2.81. The van der Waals surface area contributed by atoms with Gasteiger partial charge in [-0.2, -0.15) is 0 Å². The molecule has 0 unspecified atom stereocenters. The van der Waals surface area contributed by atoms with Gasteiger partial charge in [-0.1, -0.05) is 29.8 Å². The highest BCUT2D eigenvalue weighted by atomic mass is 16.5. The molecule has 4 heteroatoms. The normalized spacial score (nSPS) is 10.1. The van der Waals surface area contributed by atoms with Crippen LogP contribution < -0.4 is 0 Å². The number of ether oxygens (including phenoxy) is 1. The number of carbonyl (C=O) groups is 2. The zero-order valence-electron chi connectivity index (χ0n) is 11.8. The summed E-state index contributed by atoms with van der Waals surface area (Å²) in [4.78, 5) is 24.5. The molecule has 0 aliphatic heterocycles. The second-order valence-electron chi connectivity index (χ2n) is 4.54. The molecule has 0 N–H and O–H groups in total. The Morgan fingerprint density at radius 3 is 2.68 bits per heavy atom. The van der Waals surface area contributed by atoms with Gasteiger partial charge in [0.25, 0.3) is 0 Å². The zero-order chi connectivity index (χ0) is 14.3. The summed E-state index contributed by atoms with van der Waals surface area (Å²) in [6.45, 7) is 4.13. The van der Waals surface area contributed by atoms with Gasteiger partial charge < -0.3 is 9.64 Å². The van der Waals surface area contributed by atoms with Crippen molar-refractivity contribution in [1.29, 1.82) is 0 Å². The van der Waals surface area contributed by atoms with E-state index in [-0.39, 0.29) is 18.4 Å². The molecule has 1 aromatic carbocycles. The topological polar surface area (TPSA) is 46.6 Å². The second-order valence-corrected chi connectivity index (χ2v) is 4.54. The lowest BCUT2D eigenvalue weighted by Crippen LogP contribution is -2.33. The first-order valence-corrected chi connectivity index (χ1v) is 6.48. The highest BCUT2D eigenvalue weighted by molar-refractivity contribution is 5.81. The number of hydrogen-bond acceptors (Lipinski definition) is 3. The summed E-state index contributed by atoms with van der Waals surface area (Å²) in [6, 6.07) is 8.08. The van der Waals surface area contributed by atoms with Crippen LogP contribution in [0, 0.1) is 6.92 Å². The third-order valence-corrected chi connectivity index (χ3v) is 2.81. The summed E-state index contributed by atoms with van der Waals surface area (Å²) >= 11 is 0. The van der Waals surface area contributed by atoms with E-state index < -0.39 is 0 Å². The lowest BCUT2D eigenvalue weighted by molar-refractivity contribution is -0.148. The van der Waals surface area contributed by atoms with Crippen molar-refractivity contribution >= 4 is 11.9 Å². The lowest BCUT2D eigenvalue weighted by Gasteiger charge is -2.16. The second kappa shape index (κ2) is 7.56. The van der Waals surface area contributed by atoms with Gasteiger partial charge in [0, 0.05) is 13.5 Å². The maximum absolute atomic E-state index is 11.9. The molecule has 0 aromatic heterocycles. The molecule has 0 aliphatic carbocycles. The third kappa shape index (κ3) is 5.55. The molecule has 1 rings (SSSR count). The summed E-state index contributed by atoms with van der Waals surface area (Å²) < 4.78 is 4.81. The lowest BCUT2D eigenvalue weighted by atomic mass is 10.1. The van der Waals surface area contributed by atoms with Crippen molar-refractivity contribution in [2.45, 2.75) is 26.7 Å². The molecule has 0 bridgehead atoms. The predicted molar refractivity (Wildman–Crippen MR) is 73.8 cm³/mol. The number of hydrogen-bond donors (Lipinski definition) is 0. The Hall–Kier alpha value is -1.84. The number of rotatable bonds is 6. The summed E-state index contributed by atoms with van der Waals surface area (Å²) in [7, 11) is 1.62. The fraction of sp³-hybridized carbons (Fsp3) is 0.467. The quantitative estimate of drug-likeness (QED) is 0.737. The van der Waals surface area contributed by atoms with Crippen molar-refractivity contribution in [3.8, 4) is 0 Å². The van der Waals surface area contributed by atoms with Gasteiger partial charge in [-0.05, 0) is 25.8 Å². The fourth-order valence-electron chi connectivity index (χ4n) is 1.80. The molecule has 0 radical (unpaired) electrons. The van der Waals surface area contributed by atoms with Gasteiger partial charge in [-0.3, -0.25) is 9.59 Å². The predicted octanol–water partition coefficient (Wildman–Crippen LogP) is 1.95. The van der Waals surface area contributed by atoms with E-state index in [1.54, 1.807) is 14.0 Å². The molecular weight excluding hydrogens is 242 g/mol. The van der Waals surface area contributed by atoms with Crippen LogP contribution >= 0.6 is 0 Å². The van der Waals surface area contributed by atoms with E-state index in [0.717, 1.165) is 5.56 Å². The van der Waals surface area contributed by atoms with Crippen molar-refractivity contribution in [2.75, 3.05) is 20.2 Å². The molecule has 0 heterocycles. The van der Waals surface area contributed by atoms with Gasteiger partial charge in [0.05, 0.1) is 6.61 Å². The van der Waals surface area contributed by atoms with Gasteiger partial charge in [0.1, 0.15) is 6.54 Å². The molecule has 1 aromatic rings. The number of carbonyl (C=O) groups excluding carboxylic acids is 2. The average Bonchev–Trinajstić information content (AvgIpc) is 2.36. The Morgan fingerprint density at radius 1 is 1.32 bits per heavy atom. The Kier molecular flexibility index (Phi) is 6.06. The van der Waals surface area contributed by atoms with Crippen LogP contribution in [0.15, 0.2) is 24.3 Å². The Morgan fingerprint density at radius 2 is 2.05 bits per heavy atom. The van der Waals surface area contributed by atoms with Gasteiger partial charge in [-0.25, -0.2) is 0 Å². The molecular formula is C15H21NO3. The van der Waals surface area contributed by atoms with Crippen molar-refractivity contribution in [3.05, 3.63) is 35.4 Å². The Bertz CT molecular complexity index is 443. The van der Waals surface area contributed by atoms with Crippen LogP contribution in [0.2, 0.25) is 0 Å². The first-order chi connectivity index (χ1) is 9.02. The first-order valence-electron chi connectivity index (χ1n) is 6.48. The Balaban J connectivity index is 2.40. The van der Waals surface area contributed by atoms with Crippen LogP contribution in [-0.4, -0.2) is 37.0 Å². The van der Waals surface area contributed by atoms with Gasteiger partial charge in [0.2, 0.25) is 5.91 Å². The highest BCUT2D eigenvalue weighted by Gasteiger charge is 2.13. The molecule has 0 fully saturated rings. The zero-order valence-corrected chi connectivity index (χ0v) is 11.8. The average molecular weight is 263 g/mol. The minimum Gasteiger partial charge on any atom is -0.465 e. The van der Waals surface area contributed by atoms with Crippen LogP contribution in [0.25, 0.3) is 0 Å². The van der Waals surface area contributed by atoms with Crippen LogP contribution in [-0.2, 0) is 20.7 Å². The summed E-state index contributed by atoms with van der Waals surface area (Å²) in [5.74, 6) is -0.413. The molecule has 1 amide bonds. The molecule has 0 spiro atoms. The summed E-state index contributed by atoms with van der Waals surface area (Å²) in [5.41, 5.74) is 2.32. The molecule has 0 saturated carbocycles. The number of amides is 1. The SMILES string of the molecule is CCOC(=O)CN(C)C(=O)CCc1cccc(C)c1. The van der Waals surface area contributed by atoms with Gasteiger partial charge in [0.15, 0.2) is 0 Å². The van der Waals surface area contributed by atoms with Crippen LogP contribution in [0.4, 0.5) is 0 Å². The van der Waals surface area contributed by atoms with Crippen LogP contribution in [0.5, 0.6) is 0 Å². The largest absolute Gasteiger partial charge is 0.465 e. The standard InChI is InChI=1S/C15H21NO3/c1-4-19-15(18)11-16(3)14(17)9-8-13-7-5-6-12(2)10-13/h5-7,10H,4,8-9,11H2,1-3H3. The molecule has 19 heavy (non-hydrogen) atoms. The number of benzene rings is 1. The molecule has 104 valence electrons. The van der Waals surface area contributed by atoms with Crippen molar-refractivity contribution < 1.29 is 14.3 Å². The number of likely N-dealkylation sites (N-methyl/N-ethyl adjacent to an activating group) is 1. The van der Waals surface area contributed by atoms with E-state index in [0.29, 0.717) is 19.4 Å². The summed E-state index contributed by atoms with van der Waals surface area (Å²) in [6.07, 6.45) is 1.09. The number of nitrogens with zero attached hydrogens (tertiary/aromatic N) is 1. The molecule has 0 saturated heterocycles. The number of aryl methyl sites for hydroxylation is 2. The van der Waals surface area contributed by atoms with Gasteiger partial charge in [-0.15, -0.1) is 0 Å². The van der Waals surface area contributed by atoms with E-state index >= 15 is 0 Å². The van der Waals surface area contributed by atoms with Gasteiger partial charge >= 0.3 is 5.97 Å². The van der Waals surface area contributed by atoms with Crippen LogP contribution in [0.1, 0.15) is 24.5 Å². The molecule has 4 nitrogen and oxygen atoms in total. The van der Waals surface area contributed by atoms with E-state index in [2.05, 4.69) is 6.07 Å². The van der Waals surface area contributed by atoms with E-state index in [1.165, 1.54) is 10.5 Å². The smallest absolute Gasteiger partial charge is 0.325 e. The number of esters is 1. The van der Waals surface area contributed by atoms with Crippen molar-refractivity contribution in [3.63, 3.8) is 0 Å². The maximum Gasteiger partial charge on any atom is 0.325 e. The highest BCUT2D eigenvalue weighted by Crippen LogP contribution is 2.07. The van der Waals surface area contributed by atoms with Crippen LogP contribution in [0.3, 0.4) is 0 Å². The summed E-state index contributed by atoms with van der Waals surface area (Å²) in [5, 5.41) is 0. The van der Waals surface area contributed by atoms with E-state index in [1.807, 2.05) is 25.1 Å². The minimum absolute atomic E-state index is 0.0144. The van der Waals surface area contributed by atoms with E-state index in [9.17, 15) is 9.59 Å². The van der Waals surface area contributed by atoms with E-state index in [4.69, 9.17) is 4.74 Å². The Labute approximate surface area is 114 Å². The monoisotopic (exact) mass is 263 g/mol. The molecule has 0 atom stereocenters. The molecule has 0 aliphatic rings. The fourth-order valence-corrected chi connectivity index (χ4v) is 1.80. The minimum atomic E-state index is -0.367.